The summed E-state index contributed by atoms with van der Waals surface area (Å²) in [6.45, 7) is 0. The van der Waals surface area contributed by atoms with E-state index in [1.54, 1.807) is 0 Å². The van der Waals surface area contributed by atoms with Crippen LogP contribution in [0.25, 0.3) is 0 Å². The molecule has 0 saturated carbocycles. The Kier molecular flexibility index (Phi) is 4.28. The molecule has 1 rings (SSSR count). The van der Waals surface area contributed by atoms with Crippen LogP contribution in [0.4, 0.5) is 0 Å². The van der Waals surface area contributed by atoms with E-state index in [-0.39, 0.29) is 6.04 Å². The molecule has 0 spiro atoms. The van der Waals surface area contributed by atoms with E-state index in [1.165, 1.54) is 0 Å². The maximum Gasteiger partial charge on any atom is 0.0739 e. The Morgan fingerprint density at radius 3 is 2.46 bits per heavy atom. The topological polar surface area (TPSA) is 46.2 Å². The molecule has 0 aliphatic carbocycles. The first-order valence-corrected chi connectivity index (χ1v) is 4.95. The van der Waals surface area contributed by atoms with Crippen molar-refractivity contribution in [1.29, 1.82) is 0 Å². The van der Waals surface area contributed by atoms with Crippen molar-refractivity contribution >= 4 is 12.6 Å². The van der Waals surface area contributed by atoms with Crippen LogP contribution in [0.2, 0.25) is 0 Å². The summed E-state index contributed by atoms with van der Waals surface area (Å²) in [6, 6.07) is 9.57. The Morgan fingerprint density at radius 1 is 1.31 bits per heavy atom. The lowest BCUT2D eigenvalue weighted by Crippen LogP contribution is -2.37. The van der Waals surface area contributed by atoms with Crippen molar-refractivity contribution in [2.24, 2.45) is 5.73 Å². The number of benzene rings is 1. The summed E-state index contributed by atoms with van der Waals surface area (Å²) in [7, 11) is 0. The van der Waals surface area contributed by atoms with Crippen LogP contribution in [0.3, 0.4) is 0 Å². The summed E-state index contributed by atoms with van der Waals surface area (Å²) in [5.41, 5.74) is 6.74. The molecule has 1 aromatic rings. The van der Waals surface area contributed by atoms with Gasteiger partial charge in [-0.2, -0.15) is 12.6 Å². The van der Waals surface area contributed by atoms with Crippen molar-refractivity contribution in [2.75, 3.05) is 5.75 Å². The monoisotopic (exact) mass is 197 g/mol. The summed E-state index contributed by atoms with van der Waals surface area (Å²) in [5, 5.41) is 9.60. The minimum Gasteiger partial charge on any atom is -0.391 e. The maximum atomic E-state index is 9.60. The highest BCUT2D eigenvalue weighted by atomic mass is 32.1. The normalized spacial score (nSPS) is 15.3. The van der Waals surface area contributed by atoms with Crippen LogP contribution in [-0.4, -0.2) is 23.0 Å². The third kappa shape index (κ3) is 3.38. The van der Waals surface area contributed by atoms with E-state index < -0.39 is 6.10 Å². The van der Waals surface area contributed by atoms with Crippen LogP contribution >= 0.6 is 12.6 Å². The zero-order valence-corrected chi connectivity index (χ0v) is 8.32. The highest BCUT2D eigenvalue weighted by Crippen LogP contribution is 2.05. The number of hydrogen-bond acceptors (Lipinski definition) is 3. The molecule has 0 heterocycles. The van der Waals surface area contributed by atoms with Crippen LogP contribution < -0.4 is 5.73 Å². The van der Waals surface area contributed by atoms with Crippen molar-refractivity contribution in [3.05, 3.63) is 35.9 Å². The number of aliphatic hydroxyl groups excluding tert-OH is 1. The lowest BCUT2D eigenvalue weighted by Gasteiger charge is -2.16. The molecule has 2 atom stereocenters. The molecule has 0 saturated heterocycles. The molecule has 1 aromatic carbocycles. The summed E-state index contributed by atoms with van der Waals surface area (Å²) in [5.74, 6) is 0.508. The minimum atomic E-state index is -0.500. The molecule has 3 N–H and O–H groups in total. The van der Waals surface area contributed by atoms with Gasteiger partial charge in [0.15, 0.2) is 0 Å². The molecule has 0 aromatic heterocycles. The summed E-state index contributed by atoms with van der Waals surface area (Å²) >= 11 is 4.04. The lowest BCUT2D eigenvalue weighted by molar-refractivity contribution is 0.153. The van der Waals surface area contributed by atoms with Gasteiger partial charge < -0.3 is 10.8 Å². The highest BCUT2D eigenvalue weighted by Gasteiger charge is 2.12. The molecule has 0 aliphatic rings. The second-order valence-electron chi connectivity index (χ2n) is 3.10. The average Bonchev–Trinajstić information content (AvgIpc) is 2.18. The average molecular weight is 197 g/mol. The van der Waals surface area contributed by atoms with Gasteiger partial charge in [-0.05, 0) is 12.0 Å². The Labute approximate surface area is 84.2 Å². The van der Waals surface area contributed by atoms with E-state index in [0.29, 0.717) is 12.2 Å². The Morgan fingerprint density at radius 2 is 1.92 bits per heavy atom. The summed E-state index contributed by atoms with van der Waals surface area (Å²) < 4.78 is 0. The van der Waals surface area contributed by atoms with Crippen molar-refractivity contribution in [3.63, 3.8) is 0 Å². The zero-order chi connectivity index (χ0) is 9.68. The number of aliphatic hydroxyl groups is 1. The third-order valence-corrected chi connectivity index (χ3v) is 2.41. The third-order valence-electron chi connectivity index (χ3n) is 1.99. The molecule has 13 heavy (non-hydrogen) atoms. The summed E-state index contributed by atoms with van der Waals surface area (Å²) in [6.07, 6.45) is 0.0997. The van der Waals surface area contributed by atoms with E-state index in [4.69, 9.17) is 5.73 Å². The maximum absolute atomic E-state index is 9.60. The second-order valence-corrected chi connectivity index (χ2v) is 3.47. The Hall–Kier alpha value is -0.510. The molecule has 0 aliphatic heterocycles. The fraction of sp³-hybridized carbons (Fsp3) is 0.400. The van der Waals surface area contributed by atoms with Gasteiger partial charge in [0.25, 0.3) is 0 Å². The van der Waals surface area contributed by atoms with E-state index in [9.17, 15) is 5.11 Å². The molecule has 1 unspecified atom stereocenters. The van der Waals surface area contributed by atoms with Crippen molar-refractivity contribution in [3.8, 4) is 0 Å². The molecule has 0 amide bonds. The molecule has 3 heteroatoms. The molecule has 0 radical (unpaired) electrons. The predicted molar refractivity (Wildman–Crippen MR) is 58.0 cm³/mol. The number of thiol groups is 1. The van der Waals surface area contributed by atoms with Crippen LogP contribution in [0.1, 0.15) is 5.56 Å². The predicted octanol–water partition coefficient (Wildman–Crippen LogP) is 0.847. The van der Waals surface area contributed by atoms with E-state index in [0.717, 1.165) is 5.56 Å². The fourth-order valence-electron chi connectivity index (χ4n) is 1.13. The Bertz CT molecular complexity index is 240. The molecule has 0 fully saturated rings. The van der Waals surface area contributed by atoms with Gasteiger partial charge in [0.1, 0.15) is 0 Å². The number of rotatable bonds is 4. The van der Waals surface area contributed by atoms with E-state index >= 15 is 0 Å². The standard InChI is InChI=1S/C10H15NOS/c11-9(7-13)10(12)6-8-4-2-1-3-5-8/h1-5,9-10,12-13H,6-7,11H2/t9-,10?/m0/s1. The van der Waals surface area contributed by atoms with Gasteiger partial charge in [-0.3, -0.25) is 0 Å². The first-order chi connectivity index (χ1) is 6.24. The fourth-order valence-corrected chi connectivity index (χ4v) is 1.37. The smallest absolute Gasteiger partial charge is 0.0739 e. The van der Waals surface area contributed by atoms with Gasteiger partial charge in [0.2, 0.25) is 0 Å². The van der Waals surface area contributed by atoms with Crippen molar-refractivity contribution in [1.82, 2.24) is 0 Å². The van der Waals surface area contributed by atoms with Crippen LogP contribution in [0.5, 0.6) is 0 Å². The molecule has 72 valence electrons. The van der Waals surface area contributed by atoms with Gasteiger partial charge in [-0.25, -0.2) is 0 Å². The second kappa shape index (κ2) is 5.27. The van der Waals surface area contributed by atoms with Gasteiger partial charge in [-0.15, -0.1) is 0 Å². The highest BCUT2D eigenvalue weighted by molar-refractivity contribution is 7.80. The number of hydrogen-bond donors (Lipinski definition) is 3. The molecule has 2 nitrogen and oxygen atoms in total. The van der Waals surface area contributed by atoms with Gasteiger partial charge in [-0.1, -0.05) is 30.3 Å². The van der Waals surface area contributed by atoms with E-state index in [2.05, 4.69) is 12.6 Å². The lowest BCUT2D eigenvalue weighted by atomic mass is 10.0. The largest absolute Gasteiger partial charge is 0.391 e. The first-order valence-electron chi connectivity index (χ1n) is 4.32. The van der Waals surface area contributed by atoms with Gasteiger partial charge in [0.05, 0.1) is 6.10 Å². The zero-order valence-electron chi connectivity index (χ0n) is 7.43. The minimum absolute atomic E-state index is 0.247. The van der Waals surface area contributed by atoms with Crippen LogP contribution in [0.15, 0.2) is 30.3 Å². The quantitative estimate of drug-likeness (QED) is 0.627. The van der Waals surface area contributed by atoms with E-state index in [1.807, 2.05) is 30.3 Å². The van der Waals surface area contributed by atoms with Crippen LogP contribution in [-0.2, 0) is 6.42 Å². The van der Waals surface area contributed by atoms with Crippen molar-refractivity contribution < 1.29 is 5.11 Å². The Balaban J connectivity index is 2.50. The van der Waals surface area contributed by atoms with Crippen molar-refractivity contribution in [2.45, 2.75) is 18.6 Å². The van der Waals surface area contributed by atoms with Gasteiger partial charge >= 0.3 is 0 Å². The molecular weight excluding hydrogens is 182 g/mol. The molecular formula is C10H15NOS. The molecule has 0 bridgehead atoms. The SMILES string of the molecule is N[C@@H](CS)C(O)Cc1ccccc1. The first kappa shape index (κ1) is 10.6. The van der Waals surface area contributed by atoms with Crippen LogP contribution in [0, 0.1) is 0 Å². The number of nitrogens with two attached hydrogens (primary N) is 1. The van der Waals surface area contributed by atoms with Gasteiger partial charge in [0, 0.05) is 11.8 Å². The summed E-state index contributed by atoms with van der Waals surface area (Å²) in [4.78, 5) is 0.